The fraction of sp³-hybridized carbons (Fsp3) is 0.455. The first-order valence-corrected chi connectivity index (χ1v) is 12.2. The van der Waals surface area contributed by atoms with Crippen molar-refractivity contribution in [2.45, 2.75) is 50.7 Å². The number of ether oxygens (including phenoxy) is 1. The molecule has 3 heterocycles. The number of furan rings is 1. The number of hydrogen-bond acceptors (Lipinski definition) is 6. The molecule has 32 heavy (non-hydrogen) atoms. The molecular weight excluding hydrogens is 434 g/mol. The van der Waals surface area contributed by atoms with Crippen LogP contribution in [0.25, 0.3) is 0 Å². The number of benzene rings is 1. The first-order chi connectivity index (χ1) is 15.3. The quantitative estimate of drug-likeness (QED) is 0.682. The molecule has 9 nitrogen and oxygen atoms in total. The number of fused-ring (bicyclic) bond motifs is 1. The van der Waals surface area contributed by atoms with Crippen LogP contribution in [0.1, 0.15) is 37.5 Å². The van der Waals surface area contributed by atoms with E-state index in [0.29, 0.717) is 48.6 Å². The number of aryl methyl sites for hydroxylation is 1. The van der Waals surface area contributed by atoms with E-state index in [-0.39, 0.29) is 29.8 Å². The van der Waals surface area contributed by atoms with Gasteiger partial charge in [-0.1, -0.05) is 6.92 Å². The van der Waals surface area contributed by atoms with Crippen LogP contribution in [0.15, 0.2) is 39.8 Å². The Balaban J connectivity index is 1.51. The minimum atomic E-state index is -3.85. The summed E-state index contributed by atoms with van der Waals surface area (Å²) in [7, 11) is -3.85. The van der Waals surface area contributed by atoms with E-state index in [1.165, 1.54) is 16.6 Å². The Morgan fingerprint density at radius 2 is 2.16 bits per heavy atom. The van der Waals surface area contributed by atoms with Gasteiger partial charge in [0, 0.05) is 19.2 Å². The Bertz CT molecular complexity index is 1110. The van der Waals surface area contributed by atoms with E-state index in [2.05, 4.69) is 10.6 Å². The average Bonchev–Trinajstić information content (AvgIpc) is 3.30. The smallest absolute Gasteiger partial charge is 0.265 e. The van der Waals surface area contributed by atoms with Gasteiger partial charge in [0.1, 0.15) is 11.5 Å². The molecule has 2 amide bonds. The topological polar surface area (TPSA) is 118 Å². The number of rotatable bonds is 6. The van der Waals surface area contributed by atoms with Gasteiger partial charge in [0.05, 0.1) is 29.3 Å². The highest BCUT2D eigenvalue weighted by molar-refractivity contribution is 7.89. The molecule has 0 spiro atoms. The Hall–Kier alpha value is -2.85. The molecule has 0 bridgehead atoms. The van der Waals surface area contributed by atoms with E-state index >= 15 is 0 Å². The van der Waals surface area contributed by atoms with E-state index < -0.39 is 22.0 Å². The van der Waals surface area contributed by atoms with Gasteiger partial charge >= 0.3 is 0 Å². The molecular formula is C22H27N3O6S. The second-order valence-electron chi connectivity index (χ2n) is 8.12. The zero-order valence-corrected chi connectivity index (χ0v) is 18.9. The van der Waals surface area contributed by atoms with Gasteiger partial charge in [-0.05, 0) is 49.9 Å². The van der Waals surface area contributed by atoms with Crippen LogP contribution in [0.3, 0.4) is 0 Å². The van der Waals surface area contributed by atoms with Crippen LogP contribution in [-0.4, -0.2) is 43.7 Å². The van der Waals surface area contributed by atoms with Crippen molar-refractivity contribution in [1.82, 2.24) is 9.62 Å². The summed E-state index contributed by atoms with van der Waals surface area (Å²) in [4.78, 5) is 24.8. The number of hydrogen-bond donors (Lipinski definition) is 2. The molecule has 1 aromatic heterocycles. The lowest BCUT2D eigenvalue weighted by atomic mass is 9.99. The second-order valence-corrected chi connectivity index (χ2v) is 10.0. The molecule has 2 atom stereocenters. The van der Waals surface area contributed by atoms with E-state index in [1.54, 1.807) is 25.1 Å². The van der Waals surface area contributed by atoms with Gasteiger partial charge < -0.3 is 19.8 Å². The third-order valence-electron chi connectivity index (χ3n) is 5.86. The highest BCUT2D eigenvalue weighted by Gasteiger charge is 2.35. The number of anilines is 1. The zero-order chi connectivity index (χ0) is 22.9. The molecule has 1 saturated heterocycles. The number of carbonyl (C=O) groups excluding carboxylic acids is 2. The Morgan fingerprint density at radius 3 is 2.88 bits per heavy atom. The van der Waals surface area contributed by atoms with E-state index in [4.69, 9.17) is 9.15 Å². The molecule has 2 aliphatic rings. The summed E-state index contributed by atoms with van der Waals surface area (Å²) in [6, 6.07) is 6.60. The lowest BCUT2D eigenvalue weighted by Crippen LogP contribution is -2.45. The molecule has 1 aromatic carbocycles. The first-order valence-electron chi connectivity index (χ1n) is 10.7. The van der Waals surface area contributed by atoms with Crippen molar-refractivity contribution in [3.8, 4) is 5.75 Å². The van der Waals surface area contributed by atoms with Crippen LogP contribution in [-0.2, 0) is 26.2 Å². The number of piperidine rings is 1. The fourth-order valence-electron chi connectivity index (χ4n) is 4.08. The minimum Gasteiger partial charge on any atom is -0.478 e. The van der Waals surface area contributed by atoms with Crippen LogP contribution >= 0.6 is 0 Å². The van der Waals surface area contributed by atoms with Gasteiger partial charge in [0.2, 0.25) is 15.9 Å². The largest absolute Gasteiger partial charge is 0.478 e. The second kappa shape index (κ2) is 8.95. The zero-order valence-electron chi connectivity index (χ0n) is 18.1. The third kappa shape index (κ3) is 4.37. The van der Waals surface area contributed by atoms with Gasteiger partial charge in [-0.3, -0.25) is 9.59 Å². The minimum absolute atomic E-state index is 0.109. The molecule has 2 aromatic rings. The standard InChI is InChI=1S/C22H27N3O6S/c1-3-18-22(27)24-17-10-14(2)20(11-19(17)31-18)32(28,29)25-8-4-6-15(13-25)21(26)23-12-16-7-5-9-30-16/h5,7,9-11,15,18H,3-4,6,8,12-13H2,1-2H3,(H,23,26)(H,24,27). The normalized spacial score (nSPS) is 21.4. The summed E-state index contributed by atoms with van der Waals surface area (Å²) in [5.74, 6) is 0.104. The molecule has 172 valence electrons. The van der Waals surface area contributed by atoms with E-state index in [9.17, 15) is 18.0 Å². The maximum Gasteiger partial charge on any atom is 0.265 e. The van der Waals surface area contributed by atoms with Gasteiger partial charge in [-0.2, -0.15) is 4.31 Å². The molecule has 2 aliphatic heterocycles. The molecule has 0 saturated carbocycles. The fourth-order valence-corrected chi connectivity index (χ4v) is 5.82. The highest BCUT2D eigenvalue weighted by Crippen LogP contribution is 2.36. The van der Waals surface area contributed by atoms with Crippen molar-refractivity contribution in [3.63, 3.8) is 0 Å². The van der Waals surface area contributed by atoms with Crippen LogP contribution in [0.2, 0.25) is 0 Å². The molecule has 2 N–H and O–H groups in total. The SMILES string of the molecule is CCC1Oc2cc(S(=O)(=O)N3CCCC(C(=O)NCc4ccco4)C3)c(C)cc2NC1=O. The molecule has 10 heteroatoms. The van der Waals surface area contributed by atoms with E-state index in [0.717, 1.165) is 0 Å². The van der Waals surface area contributed by atoms with Crippen molar-refractivity contribution in [2.75, 3.05) is 18.4 Å². The van der Waals surface area contributed by atoms with Crippen LogP contribution in [0.4, 0.5) is 5.69 Å². The number of carbonyl (C=O) groups is 2. The van der Waals surface area contributed by atoms with Crippen LogP contribution in [0.5, 0.6) is 5.75 Å². The molecule has 0 aliphatic carbocycles. The van der Waals surface area contributed by atoms with Gasteiger partial charge in [-0.25, -0.2) is 8.42 Å². The Kier molecular flexibility index (Phi) is 6.25. The van der Waals surface area contributed by atoms with Crippen LogP contribution in [0, 0.1) is 12.8 Å². The first kappa shape index (κ1) is 22.3. The molecule has 4 rings (SSSR count). The summed E-state index contributed by atoms with van der Waals surface area (Å²) in [5, 5.41) is 5.59. The highest BCUT2D eigenvalue weighted by atomic mass is 32.2. The van der Waals surface area contributed by atoms with Gasteiger partial charge in [-0.15, -0.1) is 0 Å². The van der Waals surface area contributed by atoms with Gasteiger partial charge in [0.25, 0.3) is 5.91 Å². The predicted octanol–water partition coefficient (Wildman–Crippen LogP) is 2.41. The summed E-state index contributed by atoms with van der Waals surface area (Å²) in [5.41, 5.74) is 0.969. The summed E-state index contributed by atoms with van der Waals surface area (Å²) >= 11 is 0. The summed E-state index contributed by atoms with van der Waals surface area (Å²) < 4.78 is 39.2. The van der Waals surface area contributed by atoms with Crippen molar-refractivity contribution in [3.05, 3.63) is 41.9 Å². The number of sulfonamides is 1. The Morgan fingerprint density at radius 1 is 1.34 bits per heavy atom. The summed E-state index contributed by atoms with van der Waals surface area (Å²) in [6.07, 6.45) is 2.56. The maximum atomic E-state index is 13.5. The number of amides is 2. The summed E-state index contributed by atoms with van der Waals surface area (Å²) in [6.45, 7) is 4.23. The van der Waals surface area contributed by atoms with E-state index in [1.807, 2.05) is 6.92 Å². The van der Waals surface area contributed by atoms with Gasteiger partial charge in [0.15, 0.2) is 6.10 Å². The third-order valence-corrected chi connectivity index (χ3v) is 7.86. The lowest BCUT2D eigenvalue weighted by molar-refractivity contribution is -0.126. The lowest BCUT2D eigenvalue weighted by Gasteiger charge is -2.32. The van der Waals surface area contributed by atoms with Crippen molar-refractivity contribution in [2.24, 2.45) is 5.92 Å². The van der Waals surface area contributed by atoms with Crippen molar-refractivity contribution < 1.29 is 27.2 Å². The average molecular weight is 462 g/mol. The van der Waals surface area contributed by atoms with Crippen LogP contribution < -0.4 is 15.4 Å². The predicted molar refractivity (Wildman–Crippen MR) is 117 cm³/mol. The maximum absolute atomic E-state index is 13.5. The molecule has 0 radical (unpaired) electrons. The molecule has 2 unspecified atom stereocenters. The number of nitrogens with one attached hydrogen (secondary N) is 2. The van der Waals surface area contributed by atoms with Crippen molar-refractivity contribution in [1.29, 1.82) is 0 Å². The number of nitrogens with zero attached hydrogens (tertiary/aromatic N) is 1. The van der Waals surface area contributed by atoms with Crippen molar-refractivity contribution >= 4 is 27.5 Å². The molecule has 1 fully saturated rings. The Labute approximate surface area is 187 Å². The monoisotopic (exact) mass is 461 g/mol.